The lowest BCUT2D eigenvalue weighted by Gasteiger charge is -2.42. The molecule has 3 fully saturated rings. The molecule has 4 rings (SSSR count). The van der Waals surface area contributed by atoms with Crippen molar-refractivity contribution >= 4 is 11.6 Å². The van der Waals surface area contributed by atoms with Gasteiger partial charge in [-0.1, -0.05) is 18.2 Å². The van der Waals surface area contributed by atoms with Crippen molar-refractivity contribution in [2.24, 2.45) is 5.92 Å². The Morgan fingerprint density at radius 1 is 1.18 bits per heavy atom. The van der Waals surface area contributed by atoms with E-state index >= 15 is 0 Å². The third-order valence-electron chi connectivity index (χ3n) is 5.57. The van der Waals surface area contributed by atoms with Crippen LogP contribution in [0.1, 0.15) is 30.9 Å². The highest BCUT2D eigenvalue weighted by atomic mass is 35.5. The van der Waals surface area contributed by atoms with E-state index in [4.69, 9.17) is 11.6 Å². The molecule has 0 aromatic heterocycles. The van der Waals surface area contributed by atoms with Gasteiger partial charge in [-0.3, -0.25) is 10.2 Å². The van der Waals surface area contributed by atoms with Crippen LogP contribution in [0.3, 0.4) is 0 Å². The fourth-order valence-corrected chi connectivity index (χ4v) is 4.92. The lowest BCUT2D eigenvalue weighted by Crippen LogP contribution is -2.48. The summed E-state index contributed by atoms with van der Waals surface area (Å²) in [7, 11) is 0. The lowest BCUT2D eigenvalue weighted by molar-refractivity contribution is 0.0984. The third-order valence-corrected chi connectivity index (χ3v) is 5.97. The summed E-state index contributed by atoms with van der Waals surface area (Å²) in [5.74, 6) is 0.267. The second-order valence-corrected chi connectivity index (χ2v) is 7.37. The van der Waals surface area contributed by atoms with Gasteiger partial charge in [-0.2, -0.15) is 0 Å². The van der Waals surface area contributed by atoms with Gasteiger partial charge in [-0.25, -0.2) is 4.39 Å². The standard InChI is InChI=1S/C17H23ClFN3/c18-11-5-6-15-13(9-11)17(12-3-1-2-4-14(12)19)21-10-16-20-7-8-22(15)16/h1-4,11,13,15-17,20-21H,5-10H2. The maximum atomic E-state index is 14.4. The summed E-state index contributed by atoms with van der Waals surface area (Å²) < 4.78 is 14.4. The summed E-state index contributed by atoms with van der Waals surface area (Å²) in [6.07, 6.45) is 3.51. The monoisotopic (exact) mass is 323 g/mol. The summed E-state index contributed by atoms with van der Waals surface area (Å²) in [6.45, 7) is 2.99. The summed E-state index contributed by atoms with van der Waals surface area (Å²) >= 11 is 6.47. The van der Waals surface area contributed by atoms with Gasteiger partial charge in [0.25, 0.3) is 0 Å². The van der Waals surface area contributed by atoms with E-state index in [1.807, 2.05) is 12.1 Å². The Morgan fingerprint density at radius 3 is 2.91 bits per heavy atom. The van der Waals surface area contributed by atoms with Crippen LogP contribution >= 0.6 is 11.6 Å². The second kappa shape index (κ2) is 6.08. The van der Waals surface area contributed by atoms with Crippen molar-refractivity contribution in [3.05, 3.63) is 35.6 Å². The average molecular weight is 324 g/mol. The van der Waals surface area contributed by atoms with Crippen molar-refractivity contribution in [3.63, 3.8) is 0 Å². The number of alkyl halides is 1. The van der Waals surface area contributed by atoms with E-state index in [2.05, 4.69) is 15.5 Å². The molecule has 3 aliphatic rings. The Labute approximate surface area is 136 Å². The predicted octanol–water partition coefficient (Wildman–Crippen LogP) is 2.48. The van der Waals surface area contributed by atoms with Crippen LogP contribution in [0.25, 0.3) is 0 Å². The first-order chi connectivity index (χ1) is 10.7. The molecule has 0 radical (unpaired) electrons. The van der Waals surface area contributed by atoms with E-state index in [0.717, 1.165) is 44.5 Å². The van der Waals surface area contributed by atoms with Crippen LogP contribution in [-0.4, -0.2) is 42.1 Å². The Kier molecular flexibility index (Phi) is 4.11. The fraction of sp³-hybridized carbons (Fsp3) is 0.647. The van der Waals surface area contributed by atoms with Gasteiger partial charge in [0.2, 0.25) is 0 Å². The minimum absolute atomic E-state index is 0.0557. The van der Waals surface area contributed by atoms with Gasteiger partial charge < -0.3 is 5.32 Å². The van der Waals surface area contributed by atoms with E-state index in [1.54, 1.807) is 12.1 Å². The Balaban J connectivity index is 1.70. The molecule has 2 N–H and O–H groups in total. The van der Waals surface area contributed by atoms with Crippen LogP contribution in [0.2, 0.25) is 0 Å². The molecule has 0 spiro atoms. The van der Waals surface area contributed by atoms with Crippen LogP contribution in [-0.2, 0) is 0 Å². The van der Waals surface area contributed by atoms with E-state index in [9.17, 15) is 4.39 Å². The largest absolute Gasteiger partial charge is 0.307 e. The molecule has 120 valence electrons. The van der Waals surface area contributed by atoms with Gasteiger partial charge in [0.05, 0.1) is 6.17 Å². The molecule has 5 atom stereocenters. The van der Waals surface area contributed by atoms with Crippen molar-refractivity contribution in [1.29, 1.82) is 0 Å². The Morgan fingerprint density at radius 2 is 2.05 bits per heavy atom. The van der Waals surface area contributed by atoms with E-state index in [0.29, 0.717) is 18.1 Å². The van der Waals surface area contributed by atoms with Gasteiger partial charge in [0, 0.05) is 42.7 Å². The zero-order valence-electron chi connectivity index (χ0n) is 12.6. The van der Waals surface area contributed by atoms with E-state index in [1.165, 1.54) is 0 Å². The molecule has 1 aromatic rings. The molecule has 5 heteroatoms. The van der Waals surface area contributed by atoms with Crippen molar-refractivity contribution in [1.82, 2.24) is 15.5 Å². The van der Waals surface area contributed by atoms with Crippen molar-refractivity contribution in [2.45, 2.75) is 42.9 Å². The molecule has 2 aliphatic heterocycles. The topological polar surface area (TPSA) is 27.3 Å². The quantitative estimate of drug-likeness (QED) is 0.778. The molecule has 1 aliphatic carbocycles. The minimum Gasteiger partial charge on any atom is -0.307 e. The number of hydrogen-bond acceptors (Lipinski definition) is 3. The number of benzene rings is 1. The first kappa shape index (κ1) is 14.9. The second-order valence-electron chi connectivity index (χ2n) is 6.76. The number of rotatable bonds is 1. The highest BCUT2D eigenvalue weighted by molar-refractivity contribution is 6.20. The lowest BCUT2D eigenvalue weighted by atomic mass is 9.77. The first-order valence-electron chi connectivity index (χ1n) is 8.35. The number of hydrogen-bond donors (Lipinski definition) is 2. The SMILES string of the molecule is Fc1ccccc1C1NCC2NCCN2C2CCC(Cl)CC12. The molecule has 0 amide bonds. The molecule has 2 saturated heterocycles. The Bertz CT molecular complexity index is 540. The summed E-state index contributed by atoms with van der Waals surface area (Å²) in [5.41, 5.74) is 0.796. The van der Waals surface area contributed by atoms with Crippen molar-refractivity contribution in [2.75, 3.05) is 19.6 Å². The van der Waals surface area contributed by atoms with Gasteiger partial charge >= 0.3 is 0 Å². The maximum absolute atomic E-state index is 14.4. The zero-order valence-corrected chi connectivity index (χ0v) is 13.4. The molecular weight excluding hydrogens is 301 g/mol. The summed E-state index contributed by atoms with van der Waals surface area (Å²) in [4.78, 5) is 2.58. The zero-order chi connectivity index (χ0) is 15.1. The van der Waals surface area contributed by atoms with Gasteiger partial charge in [-0.15, -0.1) is 11.6 Å². The smallest absolute Gasteiger partial charge is 0.127 e. The van der Waals surface area contributed by atoms with Crippen LogP contribution in [0.15, 0.2) is 24.3 Å². The third kappa shape index (κ3) is 2.56. The number of fused-ring (bicyclic) bond motifs is 3. The van der Waals surface area contributed by atoms with Gasteiger partial charge in [0.15, 0.2) is 0 Å². The molecule has 3 nitrogen and oxygen atoms in total. The number of nitrogens with zero attached hydrogens (tertiary/aromatic N) is 1. The summed E-state index contributed by atoms with van der Waals surface area (Å²) in [6, 6.07) is 7.73. The van der Waals surface area contributed by atoms with Gasteiger partial charge in [0.1, 0.15) is 5.82 Å². The normalized spacial score (nSPS) is 39.1. The van der Waals surface area contributed by atoms with Crippen LogP contribution in [0.4, 0.5) is 4.39 Å². The molecule has 5 unspecified atom stereocenters. The van der Waals surface area contributed by atoms with Crippen LogP contribution in [0.5, 0.6) is 0 Å². The molecule has 1 aromatic carbocycles. The van der Waals surface area contributed by atoms with Crippen LogP contribution < -0.4 is 10.6 Å². The van der Waals surface area contributed by atoms with Crippen molar-refractivity contribution < 1.29 is 4.39 Å². The molecule has 2 heterocycles. The van der Waals surface area contributed by atoms with Gasteiger partial charge in [-0.05, 0) is 31.2 Å². The van der Waals surface area contributed by atoms with Crippen LogP contribution in [0, 0.1) is 11.7 Å². The van der Waals surface area contributed by atoms with E-state index < -0.39 is 0 Å². The Hall–Kier alpha value is -0.680. The molecular formula is C17H23ClFN3. The number of halogens is 2. The predicted molar refractivity (Wildman–Crippen MR) is 86.4 cm³/mol. The van der Waals surface area contributed by atoms with E-state index in [-0.39, 0.29) is 17.2 Å². The molecule has 22 heavy (non-hydrogen) atoms. The highest BCUT2D eigenvalue weighted by Gasteiger charge is 2.45. The van der Waals surface area contributed by atoms with Crippen molar-refractivity contribution in [3.8, 4) is 0 Å². The molecule has 1 saturated carbocycles. The maximum Gasteiger partial charge on any atom is 0.127 e. The molecule has 0 bridgehead atoms. The minimum atomic E-state index is -0.106. The number of nitrogens with one attached hydrogen (secondary N) is 2. The fourth-order valence-electron chi connectivity index (χ4n) is 4.58. The average Bonchev–Trinajstić information content (AvgIpc) is 2.92. The highest BCUT2D eigenvalue weighted by Crippen LogP contribution is 2.42. The first-order valence-corrected chi connectivity index (χ1v) is 8.78. The summed E-state index contributed by atoms with van der Waals surface area (Å²) in [5, 5.41) is 7.41.